The molecule has 0 aliphatic rings. The van der Waals surface area contributed by atoms with E-state index in [-0.39, 0.29) is 6.04 Å². The average molecular weight is 271 g/mol. The van der Waals surface area contributed by atoms with Crippen LogP contribution in [0.15, 0.2) is 59.5 Å². The highest BCUT2D eigenvalue weighted by atomic mass is 32.2. The van der Waals surface area contributed by atoms with Gasteiger partial charge in [0.1, 0.15) is 0 Å². The summed E-state index contributed by atoms with van der Waals surface area (Å²) in [4.78, 5) is 1.30. The van der Waals surface area contributed by atoms with Crippen molar-refractivity contribution >= 4 is 11.8 Å². The predicted molar refractivity (Wildman–Crippen MR) is 84.5 cm³/mol. The van der Waals surface area contributed by atoms with Gasteiger partial charge in [-0.1, -0.05) is 55.0 Å². The lowest BCUT2D eigenvalue weighted by atomic mass is 10.0. The maximum Gasteiger partial charge on any atom is 0.0418 e. The van der Waals surface area contributed by atoms with Gasteiger partial charge in [-0.2, -0.15) is 0 Å². The maximum absolute atomic E-state index is 6.41. The average Bonchev–Trinajstić information content (AvgIpc) is 2.47. The number of thioether (sulfide) groups is 1. The summed E-state index contributed by atoms with van der Waals surface area (Å²) in [5.41, 5.74) is 8.92. The Morgan fingerprint density at radius 1 is 1.00 bits per heavy atom. The molecule has 1 nitrogen and oxygen atoms in total. The van der Waals surface area contributed by atoms with Crippen LogP contribution < -0.4 is 5.73 Å². The van der Waals surface area contributed by atoms with Crippen LogP contribution in [0, 0.1) is 6.92 Å². The summed E-state index contributed by atoms with van der Waals surface area (Å²) in [6.07, 6.45) is 1.06. The third-order valence-electron chi connectivity index (χ3n) is 3.30. The zero-order valence-corrected chi connectivity index (χ0v) is 12.4. The summed E-state index contributed by atoms with van der Waals surface area (Å²) >= 11 is 1.88. The van der Waals surface area contributed by atoms with E-state index in [1.54, 1.807) is 0 Å². The van der Waals surface area contributed by atoms with Gasteiger partial charge in [0, 0.05) is 16.2 Å². The molecule has 0 aliphatic carbocycles. The standard InChI is InChI=1S/C17H21NS/c1-3-16(17(18)14-7-5-4-6-8-14)19-15-11-9-13(2)10-12-15/h4-12,16-17H,3,18H2,1-2H3. The van der Waals surface area contributed by atoms with E-state index in [0.717, 1.165) is 6.42 Å². The molecule has 2 atom stereocenters. The van der Waals surface area contributed by atoms with Gasteiger partial charge in [-0.3, -0.25) is 0 Å². The third-order valence-corrected chi connectivity index (χ3v) is 4.77. The molecule has 0 radical (unpaired) electrons. The van der Waals surface area contributed by atoms with Crippen LogP contribution in [0.25, 0.3) is 0 Å². The van der Waals surface area contributed by atoms with Crippen LogP contribution in [0.3, 0.4) is 0 Å². The van der Waals surface area contributed by atoms with Gasteiger partial charge in [0.15, 0.2) is 0 Å². The first-order chi connectivity index (χ1) is 9.20. The smallest absolute Gasteiger partial charge is 0.0418 e. The van der Waals surface area contributed by atoms with Gasteiger partial charge in [-0.05, 0) is 31.0 Å². The van der Waals surface area contributed by atoms with Crippen LogP contribution in [0.1, 0.15) is 30.5 Å². The van der Waals surface area contributed by atoms with Crippen LogP contribution in [0.4, 0.5) is 0 Å². The second-order valence-corrected chi connectivity index (χ2v) is 6.13. The highest BCUT2D eigenvalue weighted by molar-refractivity contribution is 8.00. The first-order valence-electron chi connectivity index (χ1n) is 6.74. The molecule has 0 amide bonds. The zero-order valence-electron chi connectivity index (χ0n) is 11.5. The molecular weight excluding hydrogens is 250 g/mol. The minimum absolute atomic E-state index is 0.0810. The Labute approximate surface area is 120 Å². The van der Waals surface area contributed by atoms with E-state index in [4.69, 9.17) is 5.73 Å². The summed E-state index contributed by atoms with van der Waals surface area (Å²) in [5, 5.41) is 0.408. The number of nitrogens with two attached hydrogens (primary N) is 1. The predicted octanol–water partition coefficient (Wildman–Crippen LogP) is 4.57. The van der Waals surface area contributed by atoms with Crippen molar-refractivity contribution in [2.45, 2.75) is 36.5 Å². The topological polar surface area (TPSA) is 26.0 Å². The molecule has 2 heteroatoms. The molecule has 0 saturated carbocycles. The van der Waals surface area contributed by atoms with Gasteiger partial charge in [-0.15, -0.1) is 11.8 Å². The van der Waals surface area contributed by atoms with Gasteiger partial charge < -0.3 is 5.73 Å². The Morgan fingerprint density at radius 3 is 2.21 bits per heavy atom. The lowest BCUT2D eigenvalue weighted by Crippen LogP contribution is -2.23. The lowest BCUT2D eigenvalue weighted by Gasteiger charge is -2.22. The number of rotatable bonds is 5. The molecule has 2 rings (SSSR count). The molecule has 2 N–H and O–H groups in total. The monoisotopic (exact) mass is 271 g/mol. The van der Waals surface area contributed by atoms with Crippen molar-refractivity contribution in [1.29, 1.82) is 0 Å². The van der Waals surface area contributed by atoms with Crippen molar-refractivity contribution in [1.82, 2.24) is 0 Å². The first kappa shape index (κ1) is 14.2. The van der Waals surface area contributed by atoms with Crippen LogP contribution in [0.5, 0.6) is 0 Å². The first-order valence-corrected chi connectivity index (χ1v) is 7.62. The van der Waals surface area contributed by atoms with Crippen molar-refractivity contribution < 1.29 is 0 Å². The Morgan fingerprint density at radius 2 is 1.63 bits per heavy atom. The molecule has 0 bridgehead atoms. The van der Waals surface area contributed by atoms with Gasteiger partial charge in [0.05, 0.1) is 0 Å². The molecule has 0 fully saturated rings. The number of aryl methyl sites for hydroxylation is 1. The van der Waals surface area contributed by atoms with E-state index >= 15 is 0 Å². The van der Waals surface area contributed by atoms with Crippen molar-refractivity contribution in [3.8, 4) is 0 Å². The van der Waals surface area contributed by atoms with E-state index in [1.165, 1.54) is 16.0 Å². The second-order valence-electron chi connectivity index (χ2n) is 4.81. The highest BCUT2D eigenvalue weighted by Crippen LogP contribution is 2.32. The second kappa shape index (κ2) is 6.78. The molecule has 19 heavy (non-hydrogen) atoms. The van der Waals surface area contributed by atoms with E-state index in [0.29, 0.717) is 5.25 Å². The largest absolute Gasteiger partial charge is 0.323 e. The summed E-state index contributed by atoms with van der Waals surface area (Å²) in [7, 11) is 0. The van der Waals surface area contributed by atoms with Crippen LogP contribution in [-0.2, 0) is 0 Å². The SMILES string of the molecule is CCC(Sc1ccc(C)cc1)C(N)c1ccccc1. The summed E-state index contributed by atoms with van der Waals surface area (Å²) in [6, 6.07) is 19.1. The molecule has 2 aromatic rings. The van der Waals surface area contributed by atoms with Crippen molar-refractivity contribution in [3.63, 3.8) is 0 Å². The molecule has 2 aromatic carbocycles. The van der Waals surface area contributed by atoms with Crippen molar-refractivity contribution in [2.24, 2.45) is 5.73 Å². The fourth-order valence-electron chi connectivity index (χ4n) is 2.09. The highest BCUT2D eigenvalue weighted by Gasteiger charge is 2.18. The van der Waals surface area contributed by atoms with Crippen molar-refractivity contribution in [2.75, 3.05) is 0 Å². The van der Waals surface area contributed by atoms with Gasteiger partial charge in [0.25, 0.3) is 0 Å². The quantitative estimate of drug-likeness (QED) is 0.806. The molecule has 100 valence electrons. The minimum atomic E-state index is 0.0810. The Kier molecular flexibility index (Phi) is 5.06. The Hall–Kier alpha value is -1.25. The van der Waals surface area contributed by atoms with E-state index in [1.807, 2.05) is 17.8 Å². The molecular formula is C17H21NS. The van der Waals surface area contributed by atoms with Crippen LogP contribution >= 0.6 is 11.8 Å². The van der Waals surface area contributed by atoms with Crippen LogP contribution in [0.2, 0.25) is 0 Å². The fraction of sp³-hybridized carbons (Fsp3) is 0.294. The summed E-state index contributed by atoms with van der Waals surface area (Å²) < 4.78 is 0. The van der Waals surface area contributed by atoms with Crippen molar-refractivity contribution in [3.05, 3.63) is 65.7 Å². The van der Waals surface area contributed by atoms with E-state index in [9.17, 15) is 0 Å². The van der Waals surface area contributed by atoms with Gasteiger partial charge in [-0.25, -0.2) is 0 Å². The Bertz CT molecular complexity index is 492. The van der Waals surface area contributed by atoms with E-state index in [2.05, 4.69) is 62.4 Å². The zero-order chi connectivity index (χ0) is 13.7. The minimum Gasteiger partial charge on any atom is -0.323 e. The third kappa shape index (κ3) is 3.85. The summed E-state index contributed by atoms with van der Waals surface area (Å²) in [6.45, 7) is 4.32. The van der Waals surface area contributed by atoms with Crippen LogP contribution in [-0.4, -0.2) is 5.25 Å². The summed E-state index contributed by atoms with van der Waals surface area (Å²) in [5.74, 6) is 0. The normalized spacial score (nSPS) is 14.1. The number of benzene rings is 2. The molecule has 0 heterocycles. The molecule has 0 aliphatic heterocycles. The van der Waals surface area contributed by atoms with E-state index < -0.39 is 0 Å². The number of hydrogen-bond donors (Lipinski definition) is 1. The molecule has 0 aromatic heterocycles. The fourth-order valence-corrected chi connectivity index (χ4v) is 3.21. The lowest BCUT2D eigenvalue weighted by molar-refractivity contribution is 0.656. The molecule has 0 saturated heterocycles. The maximum atomic E-state index is 6.41. The molecule has 0 spiro atoms. The van der Waals surface area contributed by atoms with Gasteiger partial charge in [0.2, 0.25) is 0 Å². The van der Waals surface area contributed by atoms with Gasteiger partial charge >= 0.3 is 0 Å². The Balaban J connectivity index is 2.10. The number of hydrogen-bond acceptors (Lipinski definition) is 2. The molecule has 2 unspecified atom stereocenters.